The van der Waals surface area contributed by atoms with Crippen molar-refractivity contribution in [3.05, 3.63) is 39.4 Å². The number of carbonyl (C=O) groups excluding carboxylic acids is 1. The van der Waals surface area contributed by atoms with Crippen molar-refractivity contribution in [2.24, 2.45) is 5.92 Å². The molecule has 1 aromatic carbocycles. The van der Waals surface area contributed by atoms with E-state index in [2.05, 4.69) is 22.1 Å². The van der Waals surface area contributed by atoms with Crippen LogP contribution in [0.1, 0.15) is 29.6 Å². The maximum Gasteiger partial charge on any atom is 0.280 e. The average Bonchev–Trinajstić information content (AvgIpc) is 3.08. The molecule has 3 aliphatic rings. The summed E-state index contributed by atoms with van der Waals surface area (Å²) in [7, 11) is 0. The molecule has 132 valence electrons. The molecule has 0 spiro atoms. The fourth-order valence-corrected chi connectivity index (χ4v) is 5.38. The van der Waals surface area contributed by atoms with E-state index in [1.165, 1.54) is 24.2 Å². The highest BCUT2D eigenvalue weighted by atomic mass is 35.5. The number of carbonyl (C=O) groups is 1. The van der Waals surface area contributed by atoms with E-state index in [1.54, 1.807) is 18.3 Å². The van der Waals surface area contributed by atoms with E-state index in [1.807, 2.05) is 6.07 Å². The number of hydrogen-bond acceptors (Lipinski definition) is 4. The monoisotopic (exact) mass is 395 g/mol. The Balaban J connectivity index is 1.51. The summed E-state index contributed by atoms with van der Waals surface area (Å²) in [6.45, 7) is 4.50. The molecule has 4 heterocycles. The third-order valence-electron chi connectivity index (χ3n) is 5.37. The molecule has 2 unspecified atom stereocenters. The topological polar surface area (TPSA) is 45.2 Å². The van der Waals surface area contributed by atoms with Gasteiger partial charge in [-0.3, -0.25) is 9.69 Å². The van der Waals surface area contributed by atoms with Crippen LogP contribution in [0, 0.1) is 5.92 Å². The molecule has 0 aliphatic carbocycles. The predicted molar refractivity (Wildman–Crippen MR) is 103 cm³/mol. The molecule has 2 bridgehead atoms. The highest BCUT2D eigenvalue weighted by molar-refractivity contribution is 7.17. The van der Waals surface area contributed by atoms with Crippen molar-refractivity contribution in [1.82, 2.24) is 15.2 Å². The summed E-state index contributed by atoms with van der Waals surface area (Å²) >= 11 is 13.6. The zero-order valence-corrected chi connectivity index (χ0v) is 16.2. The molecule has 1 aromatic heterocycles. The fourth-order valence-electron chi connectivity index (χ4n) is 3.95. The zero-order chi connectivity index (χ0) is 17.6. The Kier molecular flexibility index (Phi) is 4.75. The number of nitrogens with one attached hydrogen (secondary N) is 1. The van der Waals surface area contributed by atoms with Crippen LogP contribution in [0.15, 0.2) is 24.4 Å². The summed E-state index contributed by atoms with van der Waals surface area (Å²) in [6.07, 6.45) is 4.03. The van der Waals surface area contributed by atoms with Gasteiger partial charge in [0.25, 0.3) is 5.91 Å². The number of aromatic nitrogens is 1. The number of amides is 1. The zero-order valence-electron chi connectivity index (χ0n) is 13.8. The average molecular weight is 396 g/mol. The van der Waals surface area contributed by atoms with Crippen LogP contribution in [0.3, 0.4) is 0 Å². The van der Waals surface area contributed by atoms with Crippen LogP contribution >= 0.6 is 34.5 Å². The first-order chi connectivity index (χ1) is 12.0. The molecule has 5 rings (SSSR count). The number of rotatable bonds is 3. The Morgan fingerprint density at radius 2 is 2.08 bits per heavy atom. The largest absolute Gasteiger partial charge is 0.345 e. The Labute approximate surface area is 161 Å². The first-order valence-corrected chi connectivity index (χ1v) is 10.1. The molecule has 0 saturated carbocycles. The Hall–Kier alpha value is -1.14. The molecule has 7 heteroatoms. The molecule has 2 aromatic rings. The lowest BCUT2D eigenvalue weighted by atomic mass is 9.79. The molecule has 1 N–H and O–H groups in total. The second kappa shape index (κ2) is 6.88. The van der Waals surface area contributed by atoms with E-state index >= 15 is 0 Å². The SMILES string of the molecule is CC1C(NC(=O)c2ncc(-c3ccc(Cl)cc3Cl)s2)C2CCN1CC2. The van der Waals surface area contributed by atoms with Crippen LogP contribution in [0.4, 0.5) is 0 Å². The van der Waals surface area contributed by atoms with Crippen molar-refractivity contribution >= 4 is 40.4 Å². The van der Waals surface area contributed by atoms with E-state index in [0.717, 1.165) is 23.5 Å². The number of halogens is 2. The minimum absolute atomic E-state index is 0.0908. The third kappa shape index (κ3) is 3.31. The van der Waals surface area contributed by atoms with Crippen LogP contribution in [0.25, 0.3) is 10.4 Å². The van der Waals surface area contributed by atoms with Crippen LogP contribution in [-0.4, -0.2) is 41.0 Å². The van der Waals surface area contributed by atoms with Gasteiger partial charge in [-0.25, -0.2) is 4.98 Å². The second-order valence-corrected chi connectivity index (χ2v) is 8.64. The van der Waals surface area contributed by atoms with Crippen molar-refractivity contribution in [3.63, 3.8) is 0 Å². The first kappa shape index (κ1) is 17.3. The number of benzene rings is 1. The van der Waals surface area contributed by atoms with E-state index in [4.69, 9.17) is 23.2 Å². The number of fused-ring (bicyclic) bond motifs is 3. The lowest BCUT2D eigenvalue weighted by Gasteiger charge is -2.49. The second-order valence-electron chi connectivity index (χ2n) is 6.77. The van der Waals surface area contributed by atoms with E-state index in [9.17, 15) is 4.79 Å². The van der Waals surface area contributed by atoms with Crippen LogP contribution in [0.5, 0.6) is 0 Å². The summed E-state index contributed by atoms with van der Waals surface area (Å²) in [4.78, 5) is 20.3. The minimum Gasteiger partial charge on any atom is -0.345 e. The lowest BCUT2D eigenvalue weighted by molar-refractivity contribution is 0.0217. The van der Waals surface area contributed by atoms with Crippen molar-refractivity contribution in [2.45, 2.75) is 31.8 Å². The van der Waals surface area contributed by atoms with Gasteiger partial charge in [-0.1, -0.05) is 29.3 Å². The minimum atomic E-state index is -0.0908. The number of nitrogens with zero attached hydrogens (tertiary/aromatic N) is 2. The van der Waals surface area contributed by atoms with Crippen LogP contribution < -0.4 is 5.32 Å². The number of thiazole rings is 1. The molecule has 1 amide bonds. The molecule has 3 fully saturated rings. The molecule has 3 aliphatic heterocycles. The van der Waals surface area contributed by atoms with Gasteiger partial charge in [0, 0.05) is 28.9 Å². The van der Waals surface area contributed by atoms with Gasteiger partial charge in [0.1, 0.15) is 0 Å². The summed E-state index contributed by atoms with van der Waals surface area (Å²) < 4.78 is 0. The quantitative estimate of drug-likeness (QED) is 0.840. The van der Waals surface area contributed by atoms with Gasteiger partial charge in [0.05, 0.1) is 9.90 Å². The van der Waals surface area contributed by atoms with Gasteiger partial charge in [-0.15, -0.1) is 11.3 Å². The van der Waals surface area contributed by atoms with Gasteiger partial charge in [0.2, 0.25) is 0 Å². The van der Waals surface area contributed by atoms with Gasteiger partial charge in [-0.2, -0.15) is 0 Å². The molecule has 25 heavy (non-hydrogen) atoms. The third-order valence-corrected chi connectivity index (χ3v) is 6.95. The maximum absolute atomic E-state index is 12.7. The molecular weight excluding hydrogens is 377 g/mol. The van der Waals surface area contributed by atoms with E-state index in [-0.39, 0.29) is 11.9 Å². The fraction of sp³-hybridized carbons (Fsp3) is 0.444. The van der Waals surface area contributed by atoms with Crippen molar-refractivity contribution in [1.29, 1.82) is 0 Å². The Bertz CT molecular complexity index is 799. The maximum atomic E-state index is 12.7. The van der Waals surface area contributed by atoms with Gasteiger partial charge < -0.3 is 5.32 Å². The van der Waals surface area contributed by atoms with E-state index < -0.39 is 0 Å². The highest BCUT2D eigenvalue weighted by Crippen LogP contribution is 2.35. The van der Waals surface area contributed by atoms with Gasteiger partial charge in [0.15, 0.2) is 5.01 Å². The summed E-state index contributed by atoms with van der Waals surface area (Å²) in [5.41, 5.74) is 0.846. The highest BCUT2D eigenvalue weighted by Gasteiger charge is 2.40. The van der Waals surface area contributed by atoms with Crippen molar-refractivity contribution in [2.75, 3.05) is 13.1 Å². The standard InChI is InChI=1S/C18H19Cl2N3OS/c1-10-16(11-4-6-23(10)7-5-11)22-17(24)18-21-9-15(25-18)13-3-2-12(19)8-14(13)20/h2-3,8-11,16H,4-7H2,1H3,(H,22,24). The van der Waals surface area contributed by atoms with Crippen LogP contribution in [-0.2, 0) is 0 Å². The summed E-state index contributed by atoms with van der Waals surface area (Å²) in [5, 5.41) is 4.85. The van der Waals surface area contributed by atoms with Crippen molar-refractivity contribution < 1.29 is 4.79 Å². The lowest BCUT2D eigenvalue weighted by Crippen LogP contribution is -2.62. The van der Waals surface area contributed by atoms with Gasteiger partial charge >= 0.3 is 0 Å². The predicted octanol–water partition coefficient (Wildman–Crippen LogP) is 4.33. The molecule has 3 saturated heterocycles. The number of hydrogen-bond donors (Lipinski definition) is 1. The molecule has 2 atom stereocenters. The Morgan fingerprint density at radius 1 is 1.32 bits per heavy atom. The Morgan fingerprint density at radius 3 is 2.76 bits per heavy atom. The first-order valence-electron chi connectivity index (χ1n) is 8.49. The number of piperidine rings is 3. The smallest absolute Gasteiger partial charge is 0.280 e. The summed E-state index contributed by atoms with van der Waals surface area (Å²) in [6, 6.07) is 5.95. The molecule has 0 radical (unpaired) electrons. The van der Waals surface area contributed by atoms with E-state index in [0.29, 0.717) is 27.0 Å². The normalized spacial score (nSPS) is 28.1. The van der Waals surface area contributed by atoms with Crippen LogP contribution in [0.2, 0.25) is 10.0 Å². The molecule has 4 nitrogen and oxygen atoms in total. The molecular formula is C18H19Cl2N3OS. The van der Waals surface area contributed by atoms with Gasteiger partial charge in [-0.05, 0) is 50.9 Å². The van der Waals surface area contributed by atoms with Crippen molar-refractivity contribution in [3.8, 4) is 10.4 Å². The summed E-state index contributed by atoms with van der Waals surface area (Å²) in [5.74, 6) is 0.487.